The number of aryl methyl sites for hydroxylation is 1. The van der Waals surface area contributed by atoms with Crippen molar-refractivity contribution in [1.82, 2.24) is 0 Å². The second-order valence-electron chi connectivity index (χ2n) is 3.16. The molecule has 1 aromatic rings. The normalized spacial score (nSPS) is 11.1. The van der Waals surface area contributed by atoms with E-state index < -0.39 is 5.97 Å². The van der Waals surface area contributed by atoms with Crippen molar-refractivity contribution in [2.75, 3.05) is 5.32 Å². The molecule has 0 atom stereocenters. The largest absolute Gasteiger partial charge is 0.478 e. The molecular weight excluding hydrogens is 178 g/mol. The highest BCUT2D eigenvalue weighted by atomic mass is 16.4. The number of carboxylic acids is 1. The quantitative estimate of drug-likeness (QED) is 0.721. The second kappa shape index (κ2) is 4.46. The lowest BCUT2D eigenvalue weighted by Crippen LogP contribution is -1.99. The van der Waals surface area contributed by atoms with Crippen LogP contribution in [0.5, 0.6) is 0 Å². The molecule has 0 saturated heterocycles. The van der Waals surface area contributed by atoms with Gasteiger partial charge < -0.3 is 10.4 Å². The van der Waals surface area contributed by atoms with Crippen molar-refractivity contribution in [3.05, 3.63) is 41.6 Å². The summed E-state index contributed by atoms with van der Waals surface area (Å²) in [7, 11) is 0. The van der Waals surface area contributed by atoms with Crippen molar-refractivity contribution in [2.45, 2.75) is 13.8 Å². The lowest BCUT2D eigenvalue weighted by Gasteiger charge is -2.05. The average molecular weight is 191 g/mol. The first-order chi connectivity index (χ1) is 6.58. The maximum absolute atomic E-state index is 10.4. The molecule has 0 saturated carbocycles. The fourth-order valence-electron chi connectivity index (χ4n) is 1.17. The summed E-state index contributed by atoms with van der Waals surface area (Å²) in [5, 5.41) is 11.5. The van der Waals surface area contributed by atoms with E-state index in [1.807, 2.05) is 31.2 Å². The zero-order valence-corrected chi connectivity index (χ0v) is 8.24. The van der Waals surface area contributed by atoms with E-state index in [4.69, 9.17) is 5.11 Å². The molecule has 0 spiro atoms. The molecule has 1 aromatic carbocycles. The van der Waals surface area contributed by atoms with Crippen LogP contribution in [0.2, 0.25) is 0 Å². The van der Waals surface area contributed by atoms with Gasteiger partial charge >= 0.3 is 5.97 Å². The van der Waals surface area contributed by atoms with Crippen LogP contribution in [0.25, 0.3) is 0 Å². The van der Waals surface area contributed by atoms with Gasteiger partial charge in [-0.3, -0.25) is 0 Å². The average Bonchev–Trinajstić information content (AvgIpc) is 2.01. The molecule has 0 aliphatic carbocycles. The predicted octanol–water partition coefficient (Wildman–Crippen LogP) is 2.40. The van der Waals surface area contributed by atoms with E-state index in [0.29, 0.717) is 5.70 Å². The van der Waals surface area contributed by atoms with Crippen LogP contribution in [0.4, 0.5) is 5.69 Å². The van der Waals surface area contributed by atoms with Crippen molar-refractivity contribution < 1.29 is 9.90 Å². The summed E-state index contributed by atoms with van der Waals surface area (Å²) >= 11 is 0. The van der Waals surface area contributed by atoms with Gasteiger partial charge in [-0.1, -0.05) is 12.1 Å². The van der Waals surface area contributed by atoms with Gasteiger partial charge in [-0.25, -0.2) is 4.79 Å². The maximum Gasteiger partial charge on any atom is 0.330 e. The van der Waals surface area contributed by atoms with E-state index in [2.05, 4.69) is 5.32 Å². The molecule has 14 heavy (non-hydrogen) atoms. The molecule has 0 aromatic heterocycles. The molecule has 0 amide bonds. The molecule has 2 N–H and O–H groups in total. The third-order valence-corrected chi connectivity index (χ3v) is 1.70. The minimum absolute atomic E-state index is 0.614. The number of carboxylic acid groups (broad SMARTS) is 1. The van der Waals surface area contributed by atoms with Crippen molar-refractivity contribution in [3.8, 4) is 0 Å². The van der Waals surface area contributed by atoms with E-state index in [1.165, 1.54) is 0 Å². The molecule has 0 fully saturated rings. The molecular formula is C11H13NO2. The predicted molar refractivity (Wildman–Crippen MR) is 56.2 cm³/mol. The first-order valence-electron chi connectivity index (χ1n) is 4.33. The minimum Gasteiger partial charge on any atom is -0.478 e. The summed E-state index contributed by atoms with van der Waals surface area (Å²) in [5.41, 5.74) is 2.65. The number of allylic oxidation sites excluding steroid dienone is 1. The number of aliphatic carboxylic acids is 1. The smallest absolute Gasteiger partial charge is 0.330 e. The van der Waals surface area contributed by atoms with Gasteiger partial charge in [0, 0.05) is 17.5 Å². The molecule has 0 heterocycles. The third kappa shape index (κ3) is 3.31. The topological polar surface area (TPSA) is 49.3 Å². The van der Waals surface area contributed by atoms with Crippen LogP contribution >= 0.6 is 0 Å². The third-order valence-electron chi connectivity index (χ3n) is 1.70. The Morgan fingerprint density at radius 2 is 2.21 bits per heavy atom. The van der Waals surface area contributed by atoms with Crippen molar-refractivity contribution in [1.29, 1.82) is 0 Å². The zero-order valence-electron chi connectivity index (χ0n) is 8.24. The molecule has 3 nitrogen and oxygen atoms in total. The summed E-state index contributed by atoms with van der Waals surface area (Å²) in [5.74, 6) is -0.942. The van der Waals surface area contributed by atoms with Crippen LogP contribution in [0.15, 0.2) is 36.0 Å². The SMILES string of the molecule is CC(=CC(=O)O)Nc1cccc(C)c1. The standard InChI is InChI=1S/C11H13NO2/c1-8-4-3-5-10(6-8)12-9(2)7-11(13)14/h3-7,12H,1-2H3,(H,13,14). The summed E-state index contributed by atoms with van der Waals surface area (Å²) in [6.45, 7) is 3.71. The summed E-state index contributed by atoms with van der Waals surface area (Å²) in [4.78, 5) is 10.4. The van der Waals surface area contributed by atoms with Gasteiger partial charge in [-0.05, 0) is 31.5 Å². The van der Waals surface area contributed by atoms with Crippen molar-refractivity contribution in [3.63, 3.8) is 0 Å². The van der Waals surface area contributed by atoms with Gasteiger partial charge in [-0.15, -0.1) is 0 Å². The summed E-state index contributed by atoms with van der Waals surface area (Å²) < 4.78 is 0. The van der Waals surface area contributed by atoms with Gasteiger partial charge in [0.25, 0.3) is 0 Å². The molecule has 0 aliphatic rings. The maximum atomic E-state index is 10.4. The number of rotatable bonds is 3. The number of benzene rings is 1. The van der Waals surface area contributed by atoms with E-state index in [9.17, 15) is 4.79 Å². The highest BCUT2D eigenvalue weighted by molar-refractivity contribution is 5.81. The molecule has 0 unspecified atom stereocenters. The van der Waals surface area contributed by atoms with Gasteiger partial charge in [0.15, 0.2) is 0 Å². The number of carbonyl (C=O) groups is 1. The minimum atomic E-state index is -0.942. The number of hydrogen-bond donors (Lipinski definition) is 2. The Hall–Kier alpha value is -1.77. The zero-order chi connectivity index (χ0) is 10.6. The Morgan fingerprint density at radius 1 is 1.50 bits per heavy atom. The number of nitrogens with one attached hydrogen (secondary N) is 1. The van der Waals surface area contributed by atoms with Gasteiger partial charge in [-0.2, -0.15) is 0 Å². The Morgan fingerprint density at radius 3 is 2.79 bits per heavy atom. The molecule has 0 bridgehead atoms. The Balaban J connectivity index is 2.74. The van der Waals surface area contributed by atoms with Crippen LogP contribution in [0.3, 0.4) is 0 Å². The molecule has 0 aliphatic heterocycles. The summed E-state index contributed by atoms with van der Waals surface area (Å²) in [6.07, 6.45) is 1.14. The van der Waals surface area contributed by atoms with Gasteiger partial charge in [0.1, 0.15) is 0 Å². The Bertz CT molecular complexity index is 369. The van der Waals surface area contributed by atoms with Crippen LogP contribution in [-0.2, 0) is 4.79 Å². The molecule has 0 radical (unpaired) electrons. The highest BCUT2D eigenvalue weighted by Gasteiger charge is 1.95. The number of hydrogen-bond acceptors (Lipinski definition) is 2. The van der Waals surface area contributed by atoms with E-state index >= 15 is 0 Å². The molecule has 3 heteroatoms. The highest BCUT2D eigenvalue weighted by Crippen LogP contribution is 2.11. The molecule has 74 valence electrons. The first-order valence-corrected chi connectivity index (χ1v) is 4.33. The Kier molecular flexibility index (Phi) is 3.29. The lowest BCUT2D eigenvalue weighted by atomic mass is 10.2. The Labute approximate surface area is 83.1 Å². The van der Waals surface area contributed by atoms with E-state index in [1.54, 1.807) is 6.92 Å². The monoisotopic (exact) mass is 191 g/mol. The lowest BCUT2D eigenvalue weighted by molar-refractivity contribution is -0.131. The van der Waals surface area contributed by atoms with Crippen molar-refractivity contribution >= 4 is 11.7 Å². The fourth-order valence-corrected chi connectivity index (χ4v) is 1.17. The van der Waals surface area contributed by atoms with Crippen LogP contribution in [-0.4, -0.2) is 11.1 Å². The van der Waals surface area contributed by atoms with Crippen molar-refractivity contribution in [2.24, 2.45) is 0 Å². The summed E-state index contributed by atoms with van der Waals surface area (Å²) in [6, 6.07) is 7.76. The molecule has 1 rings (SSSR count). The van der Waals surface area contributed by atoms with Crippen LogP contribution < -0.4 is 5.32 Å². The van der Waals surface area contributed by atoms with Gasteiger partial charge in [0.05, 0.1) is 0 Å². The second-order valence-corrected chi connectivity index (χ2v) is 3.16. The van der Waals surface area contributed by atoms with Crippen LogP contribution in [0, 0.1) is 6.92 Å². The van der Waals surface area contributed by atoms with E-state index in [0.717, 1.165) is 17.3 Å². The fraction of sp³-hybridized carbons (Fsp3) is 0.182. The van der Waals surface area contributed by atoms with E-state index in [-0.39, 0.29) is 0 Å². The first kappa shape index (κ1) is 10.3. The van der Waals surface area contributed by atoms with Gasteiger partial charge in [0.2, 0.25) is 0 Å². The van der Waals surface area contributed by atoms with Crippen LogP contribution in [0.1, 0.15) is 12.5 Å². The number of anilines is 1.